The van der Waals surface area contributed by atoms with Crippen LogP contribution >= 0.6 is 23.2 Å². The summed E-state index contributed by atoms with van der Waals surface area (Å²) in [6.07, 6.45) is 0. The highest BCUT2D eigenvalue weighted by molar-refractivity contribution is 6.40. The molecule has 2 nitrogen and oxygen atoms in total. The SMILES string of the molecule is Cc1ccc2nc(Cl)c(Cl)nc2c1C. The van der Waals surface area contributed by atoms with Gasteiger partial charge in [0, 0.05) is 0 Å². The number of aromatic nitrogens is 2. The molecule has 2 rings (SSSR count). The van der Waals surface area contributed by atoms with E-state index in [4.69, 9.17) is 23.2 Å². The largest absolute Gasteiger partial charge is 0.231 e. The van der Waals surface area contributed by atoms with Crippen molar-refractivity contribution < 1.29 is 0 Å². The van der Waals surface area contributed by atoms with E-state index in [2.05, 4.69) is 9.97 Å². The average molecular weight is 227 g/mol. The summed E-state index contributed by atoms with van der Waals surface area (Å²) in [5, 5.41) is 0.510. The molecule has 0 aliphatic carbocycles. The van der Waals surface area contributed by atoms with Gasteiger partial charge in [-0.05, 0) is 31.0 Å². The first-order valence-corrected chi connectivity index (χ1v) is 4.94. The summed E-state index contributed by atoms with van der Waals surface area (Å²) in [4.78, 5) is 8.35. The lowest BCUT2D eigenvalue weighted by atomic mass is 10.1. The molecule has 0 saturated heterocycles. The van der Waals surface area contributed by atoms with Crippen molar-refractivity contribution in [3.05, 3.63) is 33.6 Å². The summed E-state index contributed by atoms with van der Waals surface area (Å²) in [5.74, 6) is 0. The highest BCUT2D eigenvalue weighted by atomic mass is 35.5. The van der Waals surface area contributed by atoms with Crippen LogP contribution in [0.25, 0.3) is 11.0 Å². The summed E-state index contributed by atoms with van der Waals surface area (Å²) in [5.41, 5.74) is 3.86. The number of hydrogen-bond donors (Lipinski definition) is 0. The number of hydrogen-bond acceptors (Lipinski definition) is 2. The second kappa shape index (κ2) is 3.37. The van der Waals surface area contributed by atoms with Gasteiger partial charge in [-0.2, -0.15) is 0 Å². The van der Waals surface area contributed by atoms with E-state index in [0.717, 1.165) is 16.6 Å². The predicted octanol–water partition coefficient (Wildman–Crippen LogP) is 3.55. The van der Waals surface area contributed by atoms with E-state index in [0.29, 0.717) is 0 Å². The van der Waals surface area contributed by atoms with Gasteiger partial charge in [-0.15, -0.1) is 0 Å². The van der Waals surface area contributed by atoms with Gasteiger partial charge in [-0.1, -0.05) is 29.3 Å². The van der Waals surface area contributed by atoms with Crippen LogP contribution in [0.3, 0.4) is 0 Å². The van der Waals surface area contributed by atoms with E-state index < -0.39 is 0 Å². The zero-order valence-electron chi connectivity index (χ0n) is 7.81. The maximum atomic E-state index is 5.81. The molecule has 14 heavy (non-hydrogen) atoms. The van der Waals surface area contributed by atoms with Crippen LogP contribution in [-0.4, -0.2) is 9.97 Å². The Morgan fingerprint density at radius 3 is 2.36 bits per heavy atom. The molecular weight excluding hydrogens is 219 g/mol. The van der Waals surface area contributed by atoms with Gasteiger partial charge in [0.15, 0.2) is 10.3 Å². The van der Waals surface area contributed by atoms with E-state index >= 15 is 0 Å². The van der Waals surface area contributed by atoms with Crippen molar-refractivity contribution in [1.82, 2.24) is 9.97 Å². The topological polar surface area (TPSA) is 25.8 Å². The Morgan fingerprint density at radius 1 is 1.00 bits per heavy atom. The lowest BCUT2D eigenvalue weighted by molar-refractivity contribution is 1.25. The first-order chi connectivity index (χ1) is 6.59. The van der Waals surface area contributed by atoms with Gasteiger partial charge < -0.3 is 0 Å². The van der Waals surface area contributed by atoms with Gasteiger partial charge in [-0.3, -0.25) is 0 Å². The van der Waals surface area contributed by atoms with Crippen molar-refractivity contribution in [3.63, 3.8) is 0 Å². The van der Waals surface area contributed by atoms with E-state index in [1.165, 1.54) is 5.56 Å². The third-order valence-electron chi connectivity index (χ3n) is 2.28. The third-order valence-corrected chi connectivity index (χ3v) is 2.90. The van der Waals surface area contributed by atoms with Gasteiger partial charge in [-0.25, -0.2) is 9.97 Å². The minimum atomic E-state index is 0.252. The molecule has 1 aromatic carbocycles. The van der Waals surface area contributed by atoms with E-state index in [1.54, 1.807) is 0 Å². The molecule has 2 aromatic rings. The van der Waals surface area contributed by atoms with Crippen LogP contribution in [0, 0.1) is 13.8 Å². The molecule has 0 aliphatic rings. The first-order valence-electron chi connectivity index (χ1n) is 4.18. The molecule has 1 aromatic heterocycles. The monoisotopic (exact) mass is 226 g/mol. The number of nitrogens with zero attached hydrogens (tertiary/aromatic N) is 2. The van der Waals surface area contributed by atoms with E-state index in [9.17, 15) is 0 Å². The van der Waals surface area contributed by atoms with Crippen molar-refractivity contribution >= 4 is 34.2 Å². The molecule has 0 fully saturated rings. The Hall–Kier alpha value is -0.860. The highest BCUT2D eigenvalue weighted by Crippen LogP contribution is 2.24. The van der Waals surface area contributed by atoms with Crippen molar-refractivity contribution in [2.75, 3.05) is 0 Å². The molecule has 0 unspecified atom stereocenters. The Balaban J connectivity index is 2.89. The fourth-order valence-corrected chi connectivity index (χ4v) is 1.57. The lowest BCUT2D eigenvalue weighted by Gasteiger charge is -2.04. The van der Waals surface area contributed by atoms with Gasteiger partial charge >= 0.3 is 0 Å². The molecule has 0 saturated carbocycles. The van der Waals surface area contributed by atoms with Gasteiger partial charge in [0.2, 0.25) is 0 Å². The molecular formula is C10H8Cl2N2. The van der Waals surface area contributed by atoms with E-state index in [1.807, 2.05) is 26.0 Å². The van der Waals surface area contributed by atoms with Crippen LogP contribution in [0.15, 0.2) is 12.1 Å². The predicted molar refractivity (Wildman–Crippen MR) is 59.0 cm³/mol. The summed E-state index contributed by atoms with van der Waals surface area (Å²) >= 11 is 11.6. The zero-order chi connectivity index (χ0) is 10.3. The normalized spacial score (nSPS) is 10.9. The molecule has 0 bridgehead atoms. The van der Waals surface area contributed by atoms with Crippen molar-refractivity contribution in [2.45, 2.75) is 13.8 Å². The minimum Gasteiger partial charge on any atom is -0.231 e. The molecule has 0 amide bonds. The Kier molecular flexibility index (Phi) is 2.33. The molecule has 1 heterocycles. The summed E-state index contributed by atoms with van der Waals surface area (Å²) in [6.45, 7) is 4.02. The maximum Gasteiger partial charge on any atom is 0.167 e. The summed E-state index contributed by atoms with van der Waals surface area (Å²) in [7, 11) is 0. The Bertz CT molecular complexity index is 509. The lowest BCUT2D eigenvalue weighted by Crippen LogP contribution is -1.91. The molecule has 4 heteroatoms. The summed E-state index contributed by atoms with van der Waals surface area (Å²) < 4.78 is 0. The molecule has 0 atom stereocenters. The maximum absolute atomic E-state index is 5.81. The molecule has 0 spiro atoms. The molecule has 0 radical (unpaired) electrons. The smallest absolute Gasteiger partial charge is 0.167 e. The number of rotatable bonds is 0. The van der Waals surface area contributed by atoms with Crippen LogP contribution < -0.4 is 0 Å². The molecule has 0 aliphatic heterocycles. The van der Waals surface area contributed by atoms with Crippen LogP contribution in [0.4, 0.5) is 0 Å². The van der Waals surface area contributed by atoms with Crippen molar-refractivity contribution in [3.8, 4) is 0 Å². The second-order valence-electron chi connectivity index (χ2n) is 3.18. The second-order valence-corrected chi connectivity index (χ2v) is 3.90. The Labute approximate surface area is 91.9 Å². The standard InChI is InChI=1S/C10H8Cl2N2/c1-5-3-4-7-8(6(5)2)14-10(12)9(11)13-7/h3-4H,1-2H3. The van der Waals surface area contributed by atoms with Crippen LogP contribution in [-0.2, 0) is 0 Å². The van der Waals surface area contributed by atoms with Crippen LogP contribution in [0.5, 0.6) is 0 Å². The van der Waals surface area contributed by atoms with Gasteiger partial charge in [0.1, 0.15) is 0 Å². The van der Waals surface area contributed by atoms with Gasteiger partial charge in [0.05, 0.1) is 11.0 Å². The number of benzene rings is 1. The van der Waals surface area contributed by atoms with Crippen LogP contribution in [0.2, 0.25) is 10.3 Å². The fraction of sp³-hybridized carbons (Fsp3) is 0.200. The fourth-order valence-electron chi connectivity index (χ4n) is 1.31. The van der Waals surface area contributed by atoms with Crippen LogP contribution in [0.1, 0.15) is 11.1 Å². The zero-order valence-corrected chi connectivity index (χ0v) is 9.32. The van der Waals surface area contributed by atoms with Gasteiger partial charge in [0.25, 0.3) is 0 Å². The van der Waals surface area contributed by atoms with Crippen molar-refractivity contribution in [2.24, 2.45) is 0 Å². The minimum absolute atomic E-state index is 0.252. The van der Waals surface area contributed by atoms with E-state index in [-0.39, 0.29) is 10.3 Å². The quantitative estimate of drug-likeness (QED) is 0.687. The molecule has 0 N–H and O–H groups in total. The highest BCUT2D eigenvalue weighted by Gasteiger charge is 2.07. The van der Waals surface area contributed by atoms with Crippen molar-refractivity contribution in [1.29, 1.82) is 0 Å². The number of fused-ring (bicyclic) bond motifs is 1. The summed E-state index contributed by atoms with van der Waals surface area (Å²) in [6, 6.07) is 3.89. The molecule has 72 valence electrons. The average Bonchev–Trinajstić information content (AvgIpc) is 2.15. The first kappa shape index (κ1) is 9.69. The Morgan fingerprint density at radius 2 is 1.64 bits per heavy atom. The third kappa shape index (κ3) is 1.45. The number of aryl methyl sites for hydroxylation is 2. The number of halogens is 2.